The maximum atomic E-state index is 12.6. The van der Waals surface area contributed by atoms with Crippen molar-refractivity contribution in [2.45, 2.75) is 38.2 Å². The van der Waals surface area contributed by atoms with Gasteiger partial charge in [0.15, 0.2) is 0 Å². The van der Waals surface area contributed by atoms with Gasteiger partial charge in [0.2, 0.25) is 0 Å². The molecule has 0 saturated carbocycles. The summed E-state index contributed by atoms with van der Waals surface area (Å²) < 4.78 is 5.69. The zero-order chi connectivity index (χ0) is 18.1. The molecule has 0 radical (unpaired) electrons. The van der Waals surface area contributed by atoms with E-state index in [-0.39, 0.29) is 18.0 Å². The van der Waals surface area contributed by atoms with Gasteiger partial charge in [-0.3, -0.25) is 14.5 Å². The summed E-state index contributed by atoms with van der Waals surface area (Å²) in [4.78, 5) is 32.1. The van der Waals surface area contributed by atoms with Gasteiger partial charge in [-0.05, 0) is 44.8 Å². The largest absolute Gasteiger partial charge is 0.461 e. The van der Waals surface area contributed by atoms with Crippen LogP contribution in [-0.4, -0.2) is 65.5 Å². The lowest BCUT2D eigenvalue weighted by atomic mass is 9.76. The van der Waals surface area contributed by atoms with Crippen LogP contribution in [0.1, 0.15) is 48.2 Å². The fourth-order valence-corrected chi connectivity index (χ4v) is 4.49. The molecule has 4 heterocycles. The third-order valence-corrected chi connectivity index (χ3v) is 6.04. The first-order valence-corrected chi connectivity index (χ1v) is 9.41. The van der Waals surface area contributed by atoms with Gasteiger partial charge in [0, 0.05) is 32.3 Å². The number of amides is 1. The van der Waals surface area contributed by atoms with Gasteiger partial charge >= 0.3 is 5.97 Å². The fourth-order valence-electron chi connectivity index (χ4n) is 4.49. The molecule has 3 aliphatic heterocycles. The highest BCUT2D eigenvalue weighted by Gasteiger charge is 2.51. The van der Waals surface area contributed by atoms with Crippen LogP contribution in [0.3, 0.4) is 0 Å². The molecular weight excluding hydrogens is 332 g/mol. The lowest BCUT2D eigenvalue weighted by molar-refractivity contribution is -0.150. The first kappa shape index (κ1) is 17.1. The molecule has 3 fully saturated rings. The van der Waals surface area contributed by atoms with Crippen molar-refractivity contribution in [3.05, 3.63) is 23.5 Å². The summed E-state index contributed by atoms with van der Waals surface area (Å²) in [6.07, 6.45) is 6.07. The number of nitrogens with zero attached hydrogens (tertiary/aromatic N) is 3. The van der Waals surface area contributed by atoms with Crippen LogP contribution in [-0.2, 0) is 9.53 Å². The Morgan fingerprint density at radius 1 is 1.31 bits per heavy atom. The number of esters is 1. The van der Waals surface area contributed by atoms with Gasteiger partial charge in [-0.1, -0.05) is 0 Å². The summed E-state index contributed by atoms with van der Waals surface area (Å²) in [6, 6.07) is 3.59. The second kappa shape index (κ2) is 6.76. The van der Waals surface area contributed by atoms with Crippen LogP contribution in [0.5, 0.6) is 0 Å². The first-order valence-electron chi connectivity index (χ1n) is 9.41. The summed E-state index contributed by atoms with van der Waals surface area (Å²) in [5.41, 5.74) is 0.457. The lowest BCUT2D eigenvalue weighted by Crippen LogP contribution is -2.45. The monoisotopic (exact) mass is 356 g/mol. The number of carbonyl (C=O) groups is 2. The number of hydrogen-bond donors (Lipinski definition) is 1. The van der Waals surface area contributed by atoms with Crippen LogP contribution in [0, 0.1) is 16.7 Å². The summed E-state index contributed by atoms with van der Waals surface area (Å²) >= 11 is 0. The van der Waals surface area contributed by atoms with Gasteiger partial charge in [-0.15, -0.1) is 0 Å². The maximum Gasteiger partial charge on any atom is 0.312 e. The number of likely N-dealkylation sites (tertiary alicyclic amines) is 2. The number of H-pyrrole nitrogens is 1. The molecule has 1 spiro atoms. The molecule has 0 bridgehead atoms. The zero-order valence-electron chi connectivity index (χ0n) is 14.9. The van der Waals surface area contributed by atoms with Gasteiger partial charge in [0.05, 0.1) is 11.0 Å². The Morgan fingerprint density at radius 2 is 2.04 bits per heavy atom. The smallest absolute Gasteiger partial charge is 0.312 e. The molecule has 26 heavy (non-hydrogen) atoms. The van der Waals surface area contributed by atoms with Crippen LogP contribution >= 0.6 is 0 Å². The number of piperidine rings is 1. The molecule has 1 unspecified atom stereocenters. The summed E-state index contributed by atoms with van der Waals surface area (Å²) in [5, 5.41) is 8.89. The number of nitriles is 1. The number of nitrogens with one attached hydrogen (secondary N) is 1. The van der Waals surface area contributed by atoms with Crippen molar-refractivity contribution in [1.82, 2.24) is 14.8 Å². The van der Waals surface area contributed by atoms with E-state index in [1.165, 1.54) is 19.0 Å². The normalized spacial score (nSPS) is 25.4. The highest BCUT2D eigenvalue weighted by molar-refractivity contribution is 5.93. The predicted octanol–water partition coefficient (Wildman–Crippen LogP) is 1.52. The van der Waals surface area contributed by atoms with Crippen molar-refractivity contribution in [1.29, 1.82) is 5.26 Å². The van der Waals surface area contributed by atoms with E-state index in [4.69, 9.17) is 10.00 Å². The van der Waals surface area contributed by atoms with Crippen LogP contribution < -0.4 is 0 Å². The minimum absolute atomic E-state index is 0.00977. The molecule has 1 aromatic heterocycles. The van der Waals surface area contributed by atoms with Crippen LogP contribution in [0.4, 0.5) is 0 Å². The number of aromatic amines is 1. The van der Waals surface area contributed by atoms with Gasteiger partial charge in [-0.2, -0.15) is 5.26 Å². The van der Waals surface area contributed by atoms with Crippen LogP contribution in [0.2, 0.25) is 0 Å². The minimum atomic E-state index is -0.422. The average Bonchev–Trinajstić information content (AvgIpc) is 3.37. The van der Waals surface area contributed by atoms with Crippen molar-refractivity contribution < 1.29 is 14.3 Å². The molecule has 138 valence electrons. The third-order valence-electron chi connectivity index (χ3n) is 6.04. The molecule has 1 amide bonds. The quantitative estimate of drug-likeness (QED) is 0.830. The number of ether oxygens (including phenoxy) is 1. The molecule has 1 N–H and O–H groups in total. The Morgan fingerprint density at radius 3 is 2.69 bits per heavy atom. The number of rotatable bonds is 3. The molecule has 1 aromatic rings. The van der Waals surface area contributed by atoms with E-state index < -0.39 is 5.41 Å². The first-order chi connectivity index (χ1) is 12.6. The van der Waals surface area contributed by atoms with Gasteiger partial charge in [0.25, 0.3) is 5.91 Å². The second-order valence-corrected chi connectivity index (χ2v) is 7.73. The Kier molecular flexibility index (Phi) is 4.45. The highest BCUT2D eigenvalue weighted by Crippen LogP contribution is 2.43. The van der Waals surface area contributed by atoms with Crippen molar-refractivity contribution in [3.8, 4) is 6.07 Å². The number of cyclic esters (lactones) is 1. The van der Waals surface area contributed by atoms with E-state index in [2.05, 4.69) is 9.88 Å². The van der Waals surface area contributed by atoms with Crippen molar-refractivity contribution >= 4 is 11.9 Å². The molecule has 1 atom stereocenters. The van der Waals surface area contributed by atoms with E-state index >= 15 is 0 Å². The number of carbonyl (C=O) groups excluding carboxylic acids is 2. The van der Waals surface area contributed by atoms with E-state index in [9.17, 15) is 9.59 Å². The van der Waals surface area contributed by atoms with Crippen molar-refractivity contribution in [2.24, 2.45) is 5.41 Å². The molecule has 4 rings (SSSR count). The van der Waals surface area contributed by atoms with Gasteiger partial charge in [0.1, 0.15) is 17.9 Å². The SMILES string of the molecule is N#Cc1c[nH]c(C(=O)N2CCC3(CC2)CC(CN2CCCC2)OC3=O)c1. The Labute approximate surface area is 152 Å². The molecule has 0 aromatic carbocycles. The molecular formula is C19H24N4O3. The summed E-state index contributed by atoms with van der Waals surface area (Å²) in [5.74, 6) is -0.193. The second-order valence-electron chi connectivity index (χ2n) is 7.73. The standard InChI is InChI=1S/C19H24N4O3/c20-11-14-9-16(21-12-14)17(24)23-7-3-19(4-8-23)10-15(26-18(19)25)13-22-5-1-2-6-22/h9,12,15,21H,1-8,10,13H2. The maximum absolute atomic E-state index is 12.6. The Hall–Kier alpha value is -2.33. The van der Waals surface area contributed by atoms with E-state index in [1.54, 1.807) is 11.0 Å². The van der Waals surface area contributed by atoms with Crippen LogP contribution in [0.25, 0.3) is 0 Å². The van der Waals surface area contributed by atoms with E-state index in [1.807, 2.05) is 6.07 Å². The van der Waals surface area contributed by atoms with E-state index in [0.29, 0.717) is 37.2 Å². The van der Waals surface area contributed by atoms with E-state index in [0.717, 1.165) is 26.1 Å². The summed E-state index contributed by atoms with van der Waals surface area (Å²) in [6.45, 7) is 4.14. The number of aromatic nitrogens is 1. The topological polar surface area (TPSA) is 89.4 Å². The number of hydrogen-bond acceptors (Lipinski definition) is 5. The Balaban J connectivity index is 1.35. The average molecular weight is 356 g/mol. The molecule has 3 saturated heterocycles. The van der Waals surface area contributed by atoms with Gasteiger partial charge in [-0.25, -0.2) is 0 Å². The minimum Gasteiger partial charge on any atom is -0.461 e. The molecule has 7 nitrogen and oxygen atoms in total. The van der Waals surface area contributed by atoms with Crippen LogP contribution in [0.15, 0.2) is 12.3 Å². The van der Waals surface area contributed by atoms with Crippen molar-refractivity contribution in [3.63, 3.8) is 0 Å². The summed E-state index contributed by atoms with van der Waals surface area (Å²) in [7, 11) is 0. The predicted molar refractivity (Wildman–Crippen MR) is 93.2 cm³/mol. The fraction of sp³-hybridized carbons (Fsp3) is 0.632. The molecule has 7 heteroatoms. The third kappa shape index (κ3) is 3.10. The Bertz CT molecular complexity index is 736. The lowest BCUT2D eigenvalue weighted by Gasteiger charge is -2.36. The molecule has 3 aliphatic rings. The van der Waals surface area contributed by atoms with Crippen molar-refractivity contribution in [2.75, 3.05) is 32.7 Å². The molecule has 0 aliphatic carbocycles. The zero-order valence-corrected chi connectivity index (χ0v) is 14.9. The highest BCUT2D eigenvalue weighted by atomic mass is 16.6. The van der Waals surface area contributed by atoms with Gasteiger partial charge < -0.3 is 14.6 Å².